The number of piperazine rings is 1. The maximum Gasteiger partial charge on any atom is 0.238 e. The molecule has 2 aromatic rings. The first-order valence-electron chi connectivity index (χ1n) is 11.3. The summed E-state index contributed by atoms with van der Waals surface area (Å²) in [7, 11) is 0. The third kappa shape index (κ3) is 6.79. The number of benzene rings is 2. The summed E-state index contributed by atoms with van der Waals surface area (Å²) in [4.78, 5) is 29.6. The lowest BCUT2D eigenvalue weighted by molar-refractivity contribution is -0.128. The average Bonchev–Trinajstić information content (AvgIpc) is 2.81. The van der Waals surface area contributed by atoms with Gasteiger partial charge in [0.1, 0.15) is 0 Å². The minimum atomic E-state index is -0.211. The zero-order chi connectivity index (χ0) is 22.9. The van der Waals surface area contributed by atoms with Crippen LogP contribution in [0.5, 0.6) is 0 Å². The molecule has 0 aliphatic carbocycles. The number of halogens is 1. The Morgan fingerprint density at radius 2 is 1.66 bits per heavy atom. The molecule has 1 aliphatic rings. The van der Waals surface area contributed by atoms with Crippen LogP contribution in [-0.2, 0) is 9.59 Å². The molecule has 1 saturated heterocycles. The van der Waals surface area contributed by atoms with Crippen LogP contribution in [0.4, 0.5) is 5.69 Å². The number of carbonyl (C=O) groups is 2. The molecule has 1 aliphatic heterocycles. The van der Waals surface area contributed by atoms with Crippen molar-refractivity contribution in [2.75, 3.05) is 38.0 Å². The first kappa shape index (κ1) is 24.2. The van der Waals surface area contributed by atoms with E-state index in [9.17, 15) is 9.59 Å². The van der Waals surface area contributed by atoms with E-state index >= 15 is 0 Å². The van der Waals surface area contributed by atoms with Crippen molar-refractivity contribution in [3.05, 3.63) is 65.2 Å². The van der Waals surface area contributed by atoms with Crippen molar-refractivity contribution < 1.29 is 9.59 Å². The molecule has 6 nitrogen and oxygen atoms in total. The van der Waals surface area contributed by atoms with Crippen molar-refractivity contribution in [2.24, 2.45) is 0 Å². The number of anilines is 1. The van der Waals surface area contributed by atoms with Crippen LogP contribution in [0.25, 0.3) is 0 Å². The number of hydrogen-bond acceptors (Lipinski definition) is 4. The summed E-state index contributed by atoms with van der Waals surface area (Å²) in [5.74, 6) is -0.0279. The van der Waals surface area contributed by atoms with Gasteiger partial charge < -0.3 is 10.6 Å². The Balaban J connectivity index is 1.47. The highest BCUT2D eigenvalue weighted by molar-refractivity contribution is 6.33. The van der Waals surface area contributed by atoms with Gasteiger partial charge in [0.15, 0.2) is 0 Å². The average molecular weight is 457 g/mol. The van der Waals surface area contributed by atoms with Crippen molar-refractivity contribution in [2.45, 2.75) is 38.8 Å². The normalized spacial score (nSPS) is 16.8. The third-order valence-corrected chi connectivity index (χ3v) is 6.27. The maximum atomic E-state index is 13.0. The summed E-state index contributed by atoms with van der Waals surface area (Å²) in [5.41, 5.74) is 1.77. The van der Waals surface area contributed by atoms with Gasteiger partial charge in [0.05, 0.1) is 29.3 Å². The van der Waals surface area contributed by atoms with E-state index in [2.05, 4.69) is 39.5 Å². The molecule has 2 amide bonds. The molecule has 0 radical (unpaired) electrons. The molecule has 2 unspecified atom stereocenters. The molecule has 1 heterocycles. The topological polar surface area (TPSA) is 64.7 Å². The van der Waals surface area contributed by atoms with E-state index in [0.29, 0.717) is 17.3 Å². The molecular weight excluding hydrogens is 424 g/mol. The van der Waals surface area contributed by atoms with Crippen molar-refractivity contribution in [3.8, 4) is 0 Å². The van der Waals surface area contributed by atoms with Crippen molar-refractivity contribution in [1.82, 2.24) is 15.1 Å². The zero-order valence-corrected chi connectivity index (χ0v) is 19.6. The molecule has 32 heavy (non-hydrogen) atoms. The van der Waals surface area contributed by atoms with Crippen LogP contribution in [0.15, 0.2) is 54.6 Å². The molecule has 0 bridgehead atoms. The van der Waals surface area contributed by atoms with Gasteiger partial charge in [0.25, 0.3) is 0 Å². The summed E-state index contributed by atoms with van der Waals surface area (Å²) in [6.45, 7) is 7.38. The van der Waals surface area contributed by atoms with Gasteiger partial charge in [0.2, 0.25) is 11.8 Å². The number of hydrogen-bond donors (Lipinski definition) is 2. The van der Waals surface area contributed by atoms with Gasteiger partial charge in [0, 0.05) is 26.2 Å². The van der Waals surface area contributed by atoms with Gasteiger partial charge in [-0.25, -0.2) is 0 Å². The smallest absolute Gasteiger partial charge is 0.238 e. The largest absolute Gasteiger partial charge is 0.348 e. The Labute approximate surface area is 195 Å². The lowest BCUT2D eigenvalue weighted by atomic mass is 10.0. The van der Waals surface area contributed by atoms with E-state index in [1.165, 1.54) is 0 Å². The number of para-hydroxylation sites is 1. The summed E-state index contributed by atoms with van der Waals surface area (Å²) < 4.78 is 0. The minimum Gasteiger partial charge on any atom is -0.348 e. The van der Waals surface area contributed by atoms with Crippen molar-refractivity contribution in [3.63, 3.8) is 0 Å². The molecule has 172 valence electrons. The first-order chi connectivity index (χ1) is 15.5. The summed E-state index contributed by atoms with van der Waals surface area (Å²) >= 11 is 6.12. The molecule has 7 heteroatoms. The van der Waals surface area contributed by atoms with E-state index in [4.69, 9.17) is 11.6 Å². The first-order valence-corrected chi connectivity index (χ1v) is 11.7. The molecule has 2 aromatic carbocycles. The highest BCUT2D eigenvalue weighted by Gasteiger charge is 2.27. The van der Waals surface area contributed by atoms with Crippen LogP contribution >= 0.6 is 11.6 Å². The quantitative estimate of drug-likeness (QED) is 0.599. The fourth-order valence-corrected chi connectivity index (χ4v) is 4.20. The number of amides is 2. The van der Waals surface area contributed by atoms with E-state index in [1.807, 2.05) is 37.3 Å². The summed E-state index contributed by atoms with van der Waals surface area (Å²) in [6, 6.07) is 17.2. The zero-order valence-electron chi connectivity index (χ0n) is 18.9. The Kier molecular flexibility index (Phi) is 9.09. The molecule has 0 aromatic heterocycles. The molecule has 1 fully saturated rings. The molecule has 3 rings (SSSR count). The van der Waals surface area contributed by atoms with E-state index < -0.39 is 0 Å². The third-order valence-electron chi connectivity index (χ3n) is 5.94. The minimum absolute atomic E-state index is 0.0333. The molecule has 2 N–H and O–H groups in total. The summed E-state index contributed by atoms with van der Waals surface area (Å²) in [5, 5.41) is 6.63. The predicted molar refractivity (Wildman–Crippen MR) is 130 cm³/mol. The Morgan fingerprint density at radius 1 is 1.00 bits per heavy atom. The van der Waals surface area contributed by atoms with Crippen molar-refractivity contribution in [1.29, 1.82) is 0 Å². The molecule has 0 saturated carbocycles. The van der Waals surface area contributed by atoms with Gasteiger partial charge in [-0.15, -0.1) is 0 Å². The van der Waals surface area contributed by atoms with Crippen LogP contribution < -0.4 is 10.6 Å². The van der Waals surface area contributed by atoms with Gasteiger partial charge in [-0.2, -0.15) is 0 Å². The van der Waals surface area contributed by atoms with Gasteiger partial charge >= 0.3 is 0 Å². The lowest BCUT2D eigenvalue weighted by Crippen LogP contribution is -2.55. The van der Waals surface area contributed by atoms with Crippen LogP contribution in [0.3, 0.4) is 0 Å². The second-order valence-electron chi connectivity index (χ2n) is 8.28. The molecular formula is C25H33ClN4O2. The fraction of sp³-hybridized carbons (Fsp3) is 0.440. The Hall–Kier alpha value is -2.41. The van der Waals surface area contributed by atoms with Crippen LogP contribution in [0.2, 0.25) is 5.02 Å². The van der Waals surface area contributed by atoms with E-state index in [-0.39, 0.29) is 23.9 Å². The van der Waals surface area contributed by atoms with Gasteiger partial charge in [-0.1, -0.05) is 67.4 Å². The molecule has 2 atom stereocenters. The molecule has 0 spiro atoms. The highest BCUT2D eigenvalue weighted by Crippen LogP contribution is 2.21. The monoisotopic (exact) mass is 456 g/mol. The number of nitrogens with zero attached hydrogens (tertiary/aromatic N) is 2. The van der Waals surface area contributed by atoms with E-state index in [1.54, 1.807) is 12.1 Å². The fourth-order valence-electron chi connectivity index (χ4n) is 4.02. The number of rotatable bonds is 9. The van der Waals surface area contributed by atoms with Gasteiger partial charge in [-0.3, -0.25) is 19.4 Å². The SMILES string of the molecule is CCCC(NC(=O)C(C)N1CCN(CC(=O)Nc2ccccc2Cl)CC1)c1ccccc1. The van der Waals surface area contributed by atoms with Crippen LogP contribution in [0.1, 0.15) is 38.3 Å². The van der Waals surface area contributed by atoms with Crippen LogP contribution in [0, 0.1) is 0 Å². The lowest BCUT2D eigenvalue weighted by Gasteiger charge is -2.37. The Bertz CT molecular complexity index is 885. The number of carbonyl (C=O) groups excluding carboxylic acids is 2. The summed E-state index contributed by atoms with van der Waals surface area (Å²) in [6.07, 6.45) is 1.92. The van der Waals surface area contributed by atoms with E-state index in [0.717, 1.165) is 44.6 Å². The number of nitrogens with one attached hydrogen (secondary N) is 2. The Morgan fingerprint density at radius 3 is 2.31 bits per heavy atom. The second kappa shape index (κ2) is 12.0. The predicted octanol–water partition coefficient (Wildman–Crippen LogP) is 3.94. The highest BCUT2D eigenvalue weighted by atomic mass is 35.5. The second-order valence-corrected chi connectivity index (χ2v) is 8.68. The maximum absolute atomic E-state index is 13.0. The van der Waals surface area contributed by atoms with Crippen molar-refractivity contribution >= 4 is 29.1 Å². The van der Waals surface area contributed by atoms with Crippen LogP contribution in [-0.4, -0.2) is 60.4 Å². The van der Waals surface area contributed by atoms with Gasteiger partial charge in [-0.05, 0) is 31.0 Å². The standard InChI is InChI=1S/C25H33ClN4O2/c1-3-9-22(20-10-5-4-6-11-20)28-25(32)19(2)30-16-14-29(15-17-30)18-24(31)27-23-13-8-7-12-21(23)26/h4-8,10-13,19,22H,3,9,14-18H2,1-2H3,(H,27,31)(H,28,32).